The maximum atomic E-state index is 11.2. The summed E-state index contributed by atoms with van der Waals surface area (Å²) in [7, 11) is -2.03. The van der Waals surface area contributed by atoms with E-state index in [-0.39, 0.29) is 18.6 Å². The maximum absolute atomic E-state index is 11.2. The topological polar surface area (TPSA) is 101 Å². The van der Waals surface area contributed by atoms with Gasteiger partial charge >= 0.3 is 5.97 Å². The van der Waals surface area contributed by atoms with Crippen LogP contribution in [0.5, 0.6) is 0 Å². The van der Waals surface area contributed by atoms with Gasteiger partial charge in [-0.1, -0.05) is 0 Å². The minimum absolute atomic E-state index is 0.0461. The number of unbranched alkanes of at least 4 members (excludes halogenated alkanes) is 1. The highest BCUT2D eigenvalue weighted by Gasteiger charge is 2.15. The Morgan fingerprint density at radius 1 is 1.27 bits per heavy atom. The first kappa shape index (κ1) is 13.9. The minimum atomic E-state index is -3.40. The highest BCUT2D eigenvalue weighted by atomic mass is 32.2. The van der Waals surface area contributed by atoms with Crippen molar-refractivity contribution in [3.63, 3.8) is 0 Å². The highest BCUT2D eigenvalue weighted by molar-refractivity contribution is 7.92. The fourth-order valence-electron chi connectivity index (χ4n) is 0.942. The molecule has 0 aromatic rings. The molecule has 1 amide bonds. The van der Waals surface area contributed by atoms with Crippen LogP contribution < -0.4 is 5.32 Å². The molecule has 0 heterocycles. The number of sulfone groups is 1. The molecule has 0 aromatic carbocycles. The molecule has 0 aliphatic carbocycles. The molecule has 88 valence electrons. The van der Waals surface area contributed by atoms with E-state index in [2.05, 4.69) is 5.32 Å². The average molecular weight is 237 g/mol. The Bertz CT molecular complexity index is 322. The molecule has 0 aliphatic rings. The molecule has 6 nitrogen and oxygen atoms in total. The van der Waals surface area contributed by atoms with Crippen molar-refractivity contribution >= 4 is 21.7 Å². The molecule has 0 radical (unpaired) electrons. The Balaban J connectivity index is 3.85. The average Bonchev–Trinajstić information content (AvgIpc) is 2.11. The lowest BCUT2D eigenvalue weighted by atomic mass is 10.3. The van der Waals surface area contributed by atoms with Gasteiger partial charge in [0.1, 0.15) is 5.75 Å². The molecule has 0 aromatic heterocycles. The van der Waals surface area contributed by atoms with Crippen LogP contribution in [0.1, 0.15) is 19.3 Å². The monoisotopic (exact) mass is 237 g/mol. The predicted molar refractivity (Wildman–Crippen MR) is 54.2 cm³/mol. The minimum Gasteiger partial charge on any atom is -0.481 e. The van der Waals surface area contributed by atoms with Crippen LogP contribution in [-0.4, -0.2) is 44.0 Å². The van der Waals surface area contributed by atoms with Crippen molar-refractivity contribution in [1.29, 1.82) is 0 Å². The van der Waals surface area contributed by atoms with Crippen LogP contribution in [0.2, 0.25) is 0 Å². The van der Waals surface area contributed by atoms with E-state index in [4.69, 9.17) is 5.11 Å². The quantitative estimate of drug-likeness (QED) is 0.576. The van der Waals surface area contributed by atoms with E-state index in [1.807, 2.05) is 0 Å². The third-order valence-corrected chi connectivity index (χ3v) is 3.34. The van der Waals surface area contributed by atoms with E-state index in [0.717, 1.165) is 0 Å². The Morgan fingerprint density at radius 3 is 2.33 bits per heavy atom. The fraction of sp³-hybridized carbons (Fsp3) is 0.750. The Kier molecular flexibility index (Phi) is 5.92. The molecule has 0 spiro atoms. The Hall–Kier alpha value is -1.11. The van der Waals surface area contributed by atoms with Gasteiger partial charge in [0.25, 0.3) is 0 Å². The van der Waals surface area contributed by atoms with Crippen LogP contribution in [0, 0.1) is 0 Å². The molecule has 0 bridgehead atoms. The number of carboxylic acids is 1. The third-order valence-electron chi connectivity index (χ3n) is 1.73. The summed E-state index contributed by atoms with van der Waals surface area (Å²) in [5.41, 5.74) is 0. The SMILES string of the molecule is CNC(=O)CS(=O)(=O)CCCCC(=O)O. The summed E-state index contributed by atoms with van der Waals surface area (Å²) in [6.45, 7) is 0. The molecule has 0 aliphatic heterocycles. The second-order valence-electron chi connectivity index (χ2n) is 3.12. The first-order valence-electron chi connectivity index (χ1n) is 4.50. The second kappa shape index (κ2) is 6.39. The van der Waals surface area contributed by atoms with Gasteiger partial charge in [0.15, 0.2) is 9.84 Å². The number of carboxylic acid groups (broad SMARTS) is 1. The van der Waals surface area contributed by atoms with E-state index in [1.165, 1.54) is 7.05 Å². The molecule has 0 atom stereocenters. The smallest absolute Gasteiger partial charge is 0.303 e. The van der Waals surface area contributed by atoms with Gasteiger partial charge in [-0.2, -0.15) is 0 Å². The van der Waals surface area contributed by atoms with Gasteiger partial charge in [0, 0.05) is 13.5 Å². The van der Waals surface area contributed by atoms with Crippen molar-refractivity contribution in [3.8, 4) is 0 Å². The summed E-state index contributed by atoms with van der Waals surface area (Å²) in [6, 6.07) is 0. The molecule has 15 heavy (non-hydrogen) atoms. The van der Waals surface area contributed by atoms with Crippen molar-refractivity contribution in [3.05, 3.63) is 0 Å². The predicted octanol–water partition coefficient (Wildman–Crippen LogP) is -0.598. The zero-order chi connectivity index (χ0) is 11.9. The summed E-state index contributed by atoms with van der Waals surface area (Å²) in [5, 5.41) is 10.5. The lowest BCUT2D eigenvalue weighted by Gasteiger charge is -2.02. The molecule has 0 unspecified atom stereocenters. The van der Waals surface area contributed by atoms with Gasteiger partial charge in [-0.25, -0.2) is 8.42 Å². The number of hydrogen-bond donors (Lipinski definition) is 2. The highest BCUT2D eigenvalue weighted by Crippen LogP contribution is 2.00. The Labute approximate surface area is 88.6 Å². The molecule has 2 N–H and O–H groups in total. The fourth-order valence-corrected chi connectivity index (χ4v) is 2.27. The van der Waals surface area contributed by atoms with E-state index < -0.39 is 27.5 Å². The number of carbonyl (C=O) groups excluding carboxylic acids is 1. The van der Waals surface area contributed by atoms with Gasteiger partial charge in [0.05, 0.1) is 5.75 Å². The molecule has 0 fully saturated rings. The van der Waals surface area contributed by atoms with E-state index in [1.54, 1.807) is 0 Å². The van der Waals surface area contributed by atoms with Crippen molar-refractivity contribution < 1.29 is 23.1 Å². The molecular weight excluding hydrogens is 222 g/mol. The Morgan fingerprint density at radius 2 is 1.87 bits per heavy atom. The van der Waals surface area contributed by atoms with Gasteiger partial charge in [0.2, 0.25) is 5.91 Å². The zero-order valence-corrected chi connectivity index (χ0v) is 9.34. The first-order chi connectivity index (χ1) is 6.87. The maximum Gasteiger partial charge on any atom is 0.303 e. The summed E-state index contributed by atoms with van der Waals surface area (Å²) >= 11 is 0. The lowest BCUT2D eigenvalue weighted by Crippen LogP contribution is -2.28. The number of hydrogen-bond acceptors (Lipinski definition) is 4. The lowest BCUT2D eigenvalue weighted by molar-refractivity contribution is -0.137. The molecule has 7 heteroatoms. The standard InChI is InChI=1S/C8H15NO5S/c1-9-7(10)6-15(13,14)5-3-2-4-8(11)12/h2-6H2,1H3,(H,9,10)(H,11,12). The van der Waals surface area contributed by atoms with Crippen LogP contribution in [-0.2, 0) is 19.4 Å². The van der Waals surface area contributed by atoms with Gasteiger partial charge in [-0.05, 0) is 12.8 Å². The second-order valence-corrected chi connectivity index (χ2v) is 5.30. The van der Waals surface area contributed by atoms with Crippen LogP contribution >= 0.6 is 0 Å². The first-order valence-corrected chi connectivity index (χ1v) is 6.32. The van der Waals surface area contributed by atoms with Crippen molar-refractivity contribution in [1.82, 2.24) is 5.32 Å². The number of rotatable bonds is 7. The zero-order valence-electron chi connectivity index (χ0n) is 8.52. The molecule has 0 rings (SSSR count). The van der Waals surface area contributed by atoms with Crippen molar-refractivity contribution in [2.24, 2.45) is 0 Å². The molecule has 0 saturated heterocycles. The summed E-state index contributed by atoms with van der Waals surface area (Å²) in [5.74, 6) is -2.17. The van der Waals surface area contributed by atoms with Crippen LogP contribution in [0.3, 0.4) is 0 Å². The number of aliphatic carboxylic acids is 1. The van der Waals surface area contributed by atoms with E-state index >= 15 is 0 Å². The molecule has 0 saturated carbocycles. The third kappa shape index (κ3) is 7.92. The van der Waals surface area contributed by atoms with E-state index in [0.29, 0.717) is 6.42 Å². The van der Waals surface area contributed by atoms with Crippen LogP contribution in [0.25, 0.3) is 0 Å². The van der Waals surface area contributed by atoms with Gasteiger partial charge < -0.3 is 10.4 Å². The van der Waals surface area contributed by atoms with Crippen molar-refractivity contribution in [2.75, 3.05) is 18.6 Å². The van der Waals surface area contributed by atoms with E-state index in [9.17, 15) is 18.0 Å². The normalized spacial score (nSPS) is 11.0. The van der Waals surface area contributed by atoms with Crippen molar-refractivity contribution in [2.45, 2.75) is 19.3 Å². The molecular formula is C8H15NO5S. The van der Waals surface area contributed by atoms with Gasteiger partial charge in [-0.3, -0.25) is 9.59 Å². The number of carbonyl (C=O) groups is 2. The summed E-state index contributed by atoms with van der Waals surface area (Å²) in [6.07, 6.45) is 0.531. The number of amides is 1. The largest absolute Gasteiger partial charge is 0.481 e. The van der Waals surface area contributed by atoms with Gasteiger partial charge in [-0.15, -0.1) is 0 Å². The summed E-state index contributed by atoms with van der Waals surface area (Å²) < 4.78 is 22.5. The van der Waals surface area contributed by atoms with Crippen LogP contribution in [0.4, 0.5) is 0 Å². The summed E-state index contributed by atoms with van der Waals surface area (Å²) in [4.78, 5) is 20.9. The van der Waals surface area contributed by atoms with Crippen LogP contribution in [0.15, 0.2) is 0 Å². The number of nitrogens with one attached hydrogen (secondary N) is 1.